The molecule has 0 spiro atoms. The van der Waals surface area contributed by atoms with E-state index in [2.05, 4.69) is 61.3 Å². The van der Waals surface area contributed by atoms with Crippen molar-refractivity contribution in [1.29, 1.82) is 0 Å². The number of benzene rings is 1. The Kier molecular flexibility index (Phi) is 4.41. The minimum atomic E-state index is 0.278. The van der Waals surface area contributed by atoms with Gasteiger partial charge in [0.15, 0.2) is 0 Å². The molecule has 18 heavy (non-hydrogen) atoms. The van der Waals surface area contributed by atoms with Gasteiger partial charge in [-0.05, 0) is 25.3 Å². The van der Waals surface area contributed by atoms with Gasteiger partial charge < -0.3 is 5.32 Å². The summed E-state index contributed by atoms with van der Waals surface area (Å²) in [6, 6.07) is 11.5. The standard InChI is InChI=1S/C16H26N2/c1-4-15-11-17-16(3,5-2)13-18(15)12-14-9-7-6-8-10-14/h6-10,15,17H,4-5,11-13H2,1-3H3. The van der Waals surface area contributed by atoms with Gasteiger partial charge in [-0.1, -0.05) is 44.2 Å². The molecule has 0 aromatic heterocycles. The third-order valence-corrected chi connectivity index (χ3v) is 4.31. The summed E-state index contributed by atoms with van der Waals surface area (Å²) in [5.74, 6) is 0. The molecule has 1 heterocycles. The maximum Gasteiger partial charge on any atom is 0.0278 e. The van der Waals surface area contributed by atoms with Gasteiger partial charge in [-0.15, -0.1) is 0 Å². The van der Waals surface area contributed by atoms with Crippen molar-refractivity contribution in [3.63, 3.8) is 0 Å². The van der Waals surface area contributed by atoms with E-state index < -0.39 is 0 Å². The molecule has 0 saturated carbocycles. The number of hydrogen-bond donors (Lipinski definition) is 1. The van der Waals surface area contributed by atoms with Gasteiger partial charge in [0, 0.05) is 31.2 Å². The summed E-state index contributed by atoms with van der Waals surface area (Å²) >= 11 is 0. The van der Waals surface area contributed by atoms with Gasteiger partial charge in [0.1, 0.15) is 0 Å². The summed E-state index contributed by atoms with van der Waals surface area (Å²) in [4.78, 5) is 2.65. The molecule has 1 aliphatic rings. The summed E-state index contributed by atoms with van der Waals surface area (Å²) in [5, 5.41) is 3.72. The van der Waals surface area contributed by atoms with E-state index in [9.17, 15) is 0 Å². The molecule has 1 saturated heterocycles. The number of hydrogen-bond acceptors (Lipinski definition) is 2. The van der Waals surface area contributed by atoms with E-state index in [0.717, 1.165) is 19.6 Å². The molecule has 2 nitrogen and oxygen atoms in total. The topological polar surface area (TPSA) is 15.3 Å². The van der Waals surface area contributed by atoms with Gasteiger partial charge in [0.05, 0.1) is 0 Å². The molecule has 0 aliphatic carbocycles. The van der Waals surface area contributed by atoms with E-state index >= 15 is 0 Å². The second-order valence-corrected chi connectivity index (χ2v) is 5.75. The highest BCUT2D eigenvalue weighted by Crippen LogP contribution is 2.22. The molecule has 2 heteroatoms. The number of piperazine rings is 1. The van der Waals surface area contributed by atoms with Gasteiger partial charge in [-0.2, -0.15) is 0 Å². The van der Waals surface area contributed by atoms with Crippen LogP contribution in [0.1, 0.15) is 39.2 Å². The van der Waals surface area contributed by atoms with Crippen LogP contribution in [-0.4, -0.2) is 29.6 Å². The van der Waals surface area contributed by atoms with Crippen LogP contribution in [0.5, 0.6) is 0 Å². The zero-order chi connectivity index (χ0) is 13.0. The molecule has 2 rings (SSSR count). The predicted octanol–water partition coefficient (Wildman–Crippen LogP) is 3.04. The smallest absolute Gasteiger partial charge is 0.0278 e. The van der Waals surface area contributed by atoms with E-state index in [1.807, 2.05) is 0 Å². The van der Waals surface area contributed by atoms with E-state index in [4.69, 9.17) is 0 Å². The van der Waals surface area contributed by atoms with Crippen LogP contribution >= 0.6 is 0 Å². The Morgan fingerprint density at radius 3 is 2.61 bits per heavy atom. The Bertz CT molecular complexity index is 363. The SMILES string of the molecule is CCC1CNC(C)(CC)CN1Cc1ccccc1. The van der Waals surface area contributed by atoms with Crippen LogP contribution in [0.3, 0.4) is 0 Å². The van der Waals surface area contributed by atoms with E-state index in [-0.39, 0.29) is 5.54 Å². The van der Waals surface area contributed by atoms with Crippen LogP contribution in [0.4, 0.5) is 0 Å². The minimum absolute atomic E-state index is 0.278. The first-order valence-corrected chi connectivity index (χ1v) is 7.20. The highest BCUT2D eigenvalue weighted by atomic mass is 15.2. The first-order chi connectivity index (χ1) is 8.67. The number of nitrogens with one attached hydrogen (secondary N) is 1. The van der Waals surface area contributed by atoms with Crippen molar-refractivity contribution in [2.75, 3.05) is 13.1 Å². The summed E-state index contributed by atoms with van der Waals surface area (Å²) in [5.41, 5.74) is 1.71. The largest absolute Gasteiger partial charge is 0.309 e. The summed E-state index contributed by atoms with van der Waals surface area (Å²) in [6.45, 7) is 10.3. The van der Waals surface area contributed by atoms with Crippen LogP contribution in [-0.2, 0) is 6.54 Å². The lowest BCUT2D eigenvalue weighted by molar-refractivity contribution is 0.0755. The lowest BCUT2D eigenvalue weighted by Crippen LogP contribution is -2.62. The Morgan fingerprint density at radius 1 is 1.28 bits per heavy atom. The van der Waals surface area contributed by atoms with Crippen molar-refractivity contribution < 1.29 is 0 Å². The monoisotopic (exact) mass is 246 g/mol. The lowest BCUT2D eigenvalue weighted by atomic mass is 9.92. The maximum absolute atomic E-state index is 3.72. The van der Waals surface area contributed by atoms with Crippen molar-refractivity contribution in [2.24, 2.45) is 0 Å². The minimum Gasteiger partial charge on any atom is -0.309 e. The van der Waals surface area contributed by atoms with E-state index in [0.29, 0.717) is 6.04 Å². The summed E-state index contributed by atoms with van der Waals surface area (Å²) < 4.78 is 0. The molecule has 0 amide bonds. The molecule has 1 fully saturated rings. The predicted molar refractivity (Wildman–Crippen MR) is 77.6 cm³/mol. The fourth-order valence-electron chi connectivity index (χ4n) is 2.77. The molecule has 1 aromatic rings. The Hall–Kier alpha value is -0.860. The zero-order valence-electron chi connectivity index (χ0n) is 11.9. The molecule has 0 bridgehead atoms. The van der Waals surface area contributed by atoms with Crippen LogP contribution in [0.2, 0.25) is 0 Å². The maximum atomic E-state index is 3.72. The van der Waals surface area contributed by atoms with E-state index in [1.165, 1.54) is 18.4 Å². The average Bonchev–Trinajstić information content (AvgIpc) is 2.40. The van der Waals surface area contributed by atoms with Gasteiger partial charge >= 0.3 is 0 Å². The van der Waals surface area contributed by atoms with Gasteiger partial charge in [0.25, 0.3) is 0 Å². The molecule has 1 aliphatic heterocycles. The zero-order valence-corrected chi connectivity index (χ0v) is 11.9. The second-order valence-electron chi connectivity index (χ2n) is 5.75. The fraction of sp³-hybridized carbons (Fsp3) is 0.625. The molecular formula is C16H26N2. The first-order valence-electron chi connectivity index (χ1n) is 7.20. The lowest BCUT2D eigenvalue weighted by Gasteiger charge is -2.46. The van der Waals surface area contributed by atoms with Crippen LogP contribution in [0, 0.1) is 0 Å². The molecular weight excluding hydrogens is 220 g/mol. The van der Waals surface area contributed by atoms with Crippen molar-refractivity contribution in [1.82, 2.24) is 10.2 Å². The van der Waals surface area contributed by atoms with Crippen molar-refractivity contribution in [2.45, 2.75) is 51.7 Å². The van der Waals surface area contributed by atoms with Crippen LogP contribution in [0.15, 0.2) is 30.3 Å². The van der Waals surface area contributed by atoms with Crippen molar-refractivity contribution >= 4 is 0 Å². The number of nitrogens with zero attached hydrogens (tertiary/aromatic N) is 1. The summed E-state index contributed by atoms with van der Waals surface area (Å²) in [6.07, 6.45) is 2.41. The second kappa shape index (κ2) is 5.85. The highest BCUT2D eigenvalue weighted by molar-refractivity contribution is 5.15. The third-order valence-electron chi connectivity index (χ3n) is 4.31. The Balaban J connectivity index is 2.07. The summed E-state index contributed by atoms with van der Waals surface area (Å²) in [7, 11) is 0. The van der Waals surface area contributed by atoms with Gasteiger partial charge in [0.2, 0.25) is 0 Å². The van der Waals surface area contributed by atoms with Gasteiger partial charge in [-0.25, -0.2) is 0 Å². The molecule has 1 N–H and O–H groups in total. The van der Waals surface area contributed by atoms with E-state index in [1.54, 1.807) is 0 Å². The fourth-order valence-corrected chi connectivity index (χ4v) is 2.77. The first kappa shape index (κ1) is 13.6. The molecule has 2 atom stereocenters. The molecule has 2 unspecified atom stereocenters. The van der Waals surface area contributed by atoms with Crippen molar-refractivity contribution in [3.05, 3.63) is 35.9 Å². The number of rotatable bonds is 4. The Morgan fingerprint density at radius 2 is 2.00 bits per heavy atom. The molecule has 0 radical (unpaired) electrons. The molecule has 1 aromatic carbocycles. The van der Waals surface area contributed by atoms with Crippen molar-refractivity contribution in [3.8, 4) is 0 Å². The van der Waals surface area contributed by atoms with Crippen LogP contribution < -0.4 is 5.32 Å². The third kappa shape index (κ3) is 3.12. The normalized spacial score (nSPS) is 29.4. The van der Waals surface area contributed by atoms with Crippen LogP contribution in [0.25, 0.3) is 0 Å². The molecule has 100 valence electrons. The highest BCUT2D eigenvalue weighted by Gasteiger charge is 2.33. The van der Waals surface area contributed by atoms with Gasteiger partial charge in [-0.3, -0.25) is 4.90 Å². The Labute approximate surface area is 111 Å². The quantitative estimate of drug-likeness (QED) is 0.878. The average molecular weight is 246 g/mol.